The van der Waals surface area contributed by atoms with E-state index in [4.69, 9.17) is 0 Å². The molecule has 8 nitrogen and oxygen atoms in total. The van der Waals surface area contributed by atoms with Crippen molar-refractivity contribution < 1.29 is 36.6 Å². The Kier molecular flexibility index (Phi) is 4.82. The lowest BCUT2D eigenvalue weighted by molar-refractivity contribution is -0.394. The Labute approximate surface area is 139 Å². The molecule has 0 aliphatic carbocycles. The predicted octanol–water partition coefficient (Wildman–Crippen LogP) is 3.45. The van der Waals surface area contributed by atoms with Crippen LogP contribution < -0.4 is 5.32 Å². The molecule has 0 aromatic heterocycles. The molecule has 2 rings (SSSR count). The van der Waals surface area contributed by atoms with Crippen molar-refractivity contribution in [2.24, 2.45) is 0 Å². The van der Waals surface area contributed by atoms with Gasteiger partial charge in [0.2, 0.25) is 5.82 Å². The second-order valence-electron chi connectivity index (χ2n) is 4.65. The maximum Gasteiger partial charge on any atom is 0.277 e. The zero-order valence-corrected chi connectivity index (χ0v) is 12.1. The summed E-state index contributed by atoms with van der Waals surface area (Å²) in [5.74, 6) is -13.4. The van der Waals surface area contributed by atoms with Crippen LogP contribution in [-0.4, -0.2) is 15.8 Å². The highest BCUT2D eigenvalue weighted by atomic mass is 19.2. The molecule has 0 heterocycles. The normalized spacial score (nSPS) is 10.5. The molecule has 0 bridgehead atoms. The maximum absolute atomic E-state index is 13.5. The van der Waals surface area contributed by atoms with E-state index >= 15 is 0 Å². The lowest BCUT2D eigenvalue weighted by Gasteiger charge is -2.10. The number of hydrogen-bond acceptors (Lipinski definition) is 5. The molecule has 0 saturated heterocycles. The molecule has 1 N–H and O–H groups in total. The number of anilines is 1. The van der Waals surface area contributed by atoms with E-state index < -0.39 is 67.5 Å². The van der Waals surface area contributed by atoms with Crippen molar-refractivity contribution in [2.45, 2.75) is 0 Å². The molecule has 0 atom stereocenters. The smallest absolute Gasteiger partial charge is 0.277 e. The molecule has 0 fully saturated rings. The van der Waals surface area contributed by atoms with Gasteiger partial charge in [0, 0.05) is 12.1 Å². The van der Waals surface area contributed by atoms with E-state index in [1.165, 1.54) is 5.32 Å². The highest BCUT2D eigenvalue weighted by Crippen LogP contribution is 2.28. The summed E-state index contributed by atoms with van der Waals surface area (Å²) in [4.78, 5) is 31.3. The van der Waals surface area contributed by atoms with Gasteiger partial charge in [-0.2, -0.15) is 0 Å². The molecule has 2 aromatic rings. The summed E-state index contributed by atoms with van der Waals surface area (Å²) in [6.07, 6.45) is 0. The number of rotatable bonds is 4. The largest absolute Gasteiger partial charge is 0.317 e. The van der Waals surface area contributed by atoms with Crippen molar-refractivity contribution >= 4 is 23.0 Å². The van der Waals surface area contributed by atoms with Crippen LogP contribution in [0.5, 0.6) is 0 Å². The highest BCUT2D eigenvalue weighted by molar-refractivity contribution is 6.05. The van der Waals surface area contributed by atoms with Crippen LogP contribution in [0.25, 0.3) is 0 Å². The fourth-order valence-electron chi connectivity index (χ4n) is 1.84. The summed E-state index contributed by atoms with van der Waals surface area (Å²) in [5, 5.41) is 22.8. The number of hydrogen-bond donors (Lipinski definition) is 1. The molecule has 0 radical (unpaired) electrons. The molecule has 1 amide bonds. The van der Waals surface area contributed by atoms with Gasteiger partial charge in [0.05, 0.1) is 21.5 Å². The third-order valence-electron chi connectivity index (χ3n) is 3.03. The van der Waals surface area contributed by atoms with Crippen molar-refractivity contribution in [3.8, 4) is 0 Å². The molecule has 136 valence electrons. The van der Waals surface area contributed by atoms with E-state index in [0.29, 0.717) is 18.2 Å². The lowest BCUT2D eigenvalue weighted by atomic mass is 10.1. The van der Waals surface area contributed by atoms with Crippen LogP contribution in [0.4, 0.5) is 39.0 Å². The number of nitro groups is 2. The second kappa shape index (κ2) is 6.70. The number of carbonyl (C=O) groups is 1. The highest BCUT2D eigenvalue weighted by Gasteiger charge is 2.28. The summed E-state index contributed by atoms with van der Waals surface area (Å²) < 4.78 is 66.2. The minimum absolute atomic E-state index is 0.509. The first kappa shape index (κ1) is 18.7. The number of nitrogens with one attached hydrogen (secondary N) is 1. The Bertz CT molecular complexity index is 904. The fourth-order valence-corrected chi connectivity index (χ4v) is 1.84. The SMILES string of the molecule is O=C(Nc1c(F)c(F)c(F)c(F)c1F)c1cc([N+](=O)[O-])cc([N+](=O)[O-])c1. The molecule has 0 unspecified atom stereocenters. The molecule has 0 saturated carbocycles. The monoisotopic (exact) mass is 377 g/mol. The van der Waals surface area contributed by atoms with Crippen LogP contribution in [0.3, 0.4) is 0 Å². The number of nitrogens with zero attached hydrogens (tertiary/aromatic N) is 2. The van der Waals surface area contributed by atoms with Gasteiger partial charge in [-0.25, -0.2) is 22.0 Å². The van der Waals surface area contributed by atoms with Gasteiger partial charge in [0.1, 0.15) is 5.69 Å². The van der Waals surface area contributed by atoms with Crippen LogP contribution in [0.1, 0.15) is 10.4 Å². The molecule has 26 heavy (non-hydrogen) atoms. The van der Waals surface area contributed by atoms with E-state index in [1.54, 1.807) is 0 Å². The Morgan fingerprint density at radius 3 is 1.54 bits per heavy atom. The van der Waals surface area contributed by atoms with Crippen LogP contribution in [0, 0.1) is 49.3 Å². The molecular formula is C13H4F5N3O5. The number of amides is 1. The van der Waals surface area contributed by atoms with Gasteiger partial charge in [-0.3, -0.25) is 25.0 Å². The average Bonchev–Trinajstić information content (AvgIpc) is 2.61. The molecule has 13 heteroatoms. The fraction of sp³-hybridized carbons (Fsp3) is 0. The van der Waals surface area contributed by atoms with Crippen LogP contribution >= 0.6 is 0 Å². The zero-order chi connectivity index (χ0) is 19.8. The van der Waals surface area contributed by atoms with Crippen LogP contribution in [0.15, 0.2) is 18.2 Å². The Morgan fingerprint density at radius 2 is 1.15 bits per heavy atom. The van der Waals surface area contributed by atoms with Gasteiger partial charge in [-0.15, -0.1) is 0 Å². The van der Waals surface area contributed by atoms with E-state index in [9.17, 15) is 47.0 Å². The van der Waals surface area contributed by atoms with Crippen molar-refractivity contribution in [3.05, 3.63) is 73.1 Å². The van der Waals surface area contributed by atoms with Crippen molar-refractivity contribution in [1.29, 1.82) is 0 Å². The molecule has 0 spiro atoms. The van der Waals surface area contributed by atoms with Crippen molar-refractivity contribution in [1.82, 2.24) is 0 Å². The van der Waals surface area contributed by atoms with Crippen molar-refractivity contribution in [2.75, 3.05) is 5.32 Å². The number of nitro benzene ring substituents is 2. The molecule has 2 aromatic carbocycles. The van der Waals surface area contributed by atoms with Gasteiger partial charge < -0.3 is 5.32 Å². The number of benzene rings is 2. The first-order valence-electron chi connectivity index (χ1n) is 6.31. The number of halogens is 5. The van der Waals surface area contributed by atoms with E-state index in [-0.39, 0.29) is 0 Å². The summed E-state index contributed by atoms with van der Waals surface area (Å²) in [6.45, 7) is 0. The van der Waals surface area contributed by atoms with Gasteiger partial charge in [0.25, 0.3) is 17.3 Å². The quantitative estimate of drug-likeness (QED) is 0.288. The van der Waals surface area contributed by atoms with Gasteiger partial charge in [-0.05, 0) is 0 Å². The minimum atomic E-state index is -2.45. The average molecular weight is 377 g/mol. The molecule has 0 aliphatic rings. The Hall–Kier alpha value is -3.64. The van der Waals surface area contributed by atoms with Crippen molar-refractivity contribution in [3.63, 3.8) is 0 Å². The standard InChI is InChI=1S/C13H4F5N3O5/c14-7-8(15)10(17)12(11(18)9(7)16)19-13(22)4-1-5(20(23)24)3-6(2-4)21(25)26/h1-3H,(H,19,22). The Balaban J connectivity index is 2.52. The maximum atomic E-state index is 13.5. The summed E-state index contributed by atoms with van der Waals surface area (Å²) in [5.41, 5.74) is -4.32. The zero-order valence-electron chi connectivity index (χ0n) is 12.1. The Morgan fingerprint density at radius 1 is 0.769 bits per heavy atom. The number of non-ortho nitro benzene ring substituents is 2. The van der Waals surface area contributed by atoms with E-state index in [0.717, 1.165) is 0 Å². The third-order valence-corrected chi connectivity index (χ3v) is 3.03. The van der Waals surface area contributed by atoms with E-state index in [2.05, 4.69) is 0 Å². The summed E-state index contributed by atoms with van der Waals surface area (Å²) >= 11 is 0. The van der Waals surface area contributed by atoms with Crippen LogP contribution in [0.2, 0.25) is 0 Å². The topological polar surface area (TPSA) is 115 Å². The summed E-state index contributed by atoms with van der Waals surface area (Å²) in [7, 11) is 0. The van der Waals surface area contributed by atoms with Gasteiger partial charge in [-0.1, -0.05) is 0 Å². The first-order valence-corrected chi connectivity index (χ1v) is 6.31. The molecule has 0 aliphatic heterocycles. The predicted molar refractivity (Wildman–Crippen MR) is 73.9 cm³/mol. The first-order chi connectivity index (χ1) is 12.0. The number of carbonyl (C=O) groups excluding carboxylic acids is 1. The summed E-state index contributed by atoms with van der Waals surface area (Å²) in [6, 6.07) is 1.55. The van der Waals surface area contributed by atoms with Crippen LogP contribution in [-0.2, 0) is 0 Å². The van der Waals surface area contributed by atoms with Gasteiger partial charge >= 0.3 is 0 Å². The minimum Gasteiger partial charge on any atom is -0.317 e. The van der Waals surface area contributed by atoms with E-state index in [1.807, 2.05) is 0 Å². The second-order valence-corrected chi connectivity index (χ2v) is 4.65. The lowest BCUT2D eigenvalue weighted by Crippen LogP contribution is -2.17. The van der Waals surface area contributed by atoms with Gasteiger partial charge in [0.15, 0.2) is 23.3 Å². The third kappa shape index (κ3) is 3.26. The molecular weight excluding hydrogens is 373 g/mol.